The SMILES string of the molecule is PP(P)P(P)P=S. The second-order valence-electron chi connectivity index (χ2n) is 0.782. The molecule has 0 saturated heterocycles. The molecule has 0 amide bonds. The summed E-state index contributed by atoms with van der Waals surface area (Å²) < 4.78 is 0. The highest BCUT2D eigenvalue weighted by Gasteiger charge is 2.00. The highest BCUT2D eigenvalue weighted by molar-refractivity contribution is 8.95. The second-order valence-corrected chi connectivity index (χ2v) is 21.1. The Morgan fingerprint density at radius 2 is 1.71 bits per heavy atom. The molecule has 0 aliphatic carbocycles. The molecule has 0 aromatic carbocycles. The van der Waals surface area contributed by atoms with Crippen molar-refractivity contribution in [3.63, 3.8) is 0 Å². The molecule has 4 atom stereocenters. The second kappa shape index (κ2) is 5.45. The van der Waals surface area contributed by atoms with Crippen molar-refractivity contribution in [2.24, 2.45) is 0 Å². The largest absolute Gasteiger partial charge is 0.102 e. The molecule has 0 aromatic rings. The van der Waals surface area contributed by atoms with Crippen LogP contribution in [0.15, 0.2) is 0 Å². The highest BCUT2D eigenvalue weighted by atomic mass is 33.0. The van der Waals surface area contributed by atoms with Crippen LogP contribution in [-0.4, -0.2) is 0 Å². The van der Waals surface area contributed by atoms with Gasteiger partial charge in [-0.05, 0) is 6.99 Å². The third kappa shape index (κ3) is 5.13. The molecule has 0 aliphatic heterocycles. The maximum absolute atomic E-state index is 4.82. The van der Waals surface area contributed by atoms with E-state index in [0.29, 0.717) is 0 Å². The van der Waals surface area contributed by atoms with Gasteiger partial charge in [-0.2, -0.15) is 0 Å². The minimum Gasteiger partial charge on any atom is -0.102 e. The monoisotopic (exact) mass is 224 g/mol. The van der Waals surface area contributed by atoms with E-state index in [2.05, 4.69) is 26.8 Å². The first-order valence-corrected chi connectivity index (χ1v) is 12.2. The number of rotatable bonds is 2. The van der Waals surface area contributed by atoms with Crippen LogP contribution in [0, 0.1) is 0 Å². The van der Waals surface area contributed by atoms with Gasteiger partial charge in [-0.25, -0.2) is 0 Å². The fraction of sp³-hybridized carbons (Fsp3) is 0. The minimum absolute atomic E-state index is 0.0571. The molecule has 0 bridgehead atoms. The maximum atomic E-state index is 4.82. The average molecular weight is 224 g/mol. The first kappa shape index (κ1) is 9.67. The van der Waals surface area contributed by atoms with Crippen molar-refractivity contribution in [3.05, 3.63) is 0 Å². The molecule has 0 radical (unpaired) electrons. The first-order chi connectivity index (χ1) is 3.18. The third-order valence-electron chi connectivity index (χ3n) is 0.320. The molecule has 7 heteroatoms. The number of hydrogen-bond donors (Lipinski definition) is 0. The molecule has 4 unspecified atom stereocenters. The van der Waals surface area contributed by atoms with Gasteiger partial charge in [0.2, 0.25) is 0 Å². The Kier molecular flexibility index (Phi) is 7.54. The topological polar surface area (TPSA) is 0 Å². The van der Waals surface area contributed by atoms with Crippen molar-refractivity contribution >= 4 is 59.6 Å². The zero-order valence-corrected chi connectivity index (χ0v) is 10.4. The molecular formula is H6P6S. The molecule has 0 aromatic heterocycles. The normalized spacial score (nSPS) is 15.4. The summed E-state index contributed by atoms with van der Waals surface area (Å²) in [7, 11) is 9.47. The smallest absolute Gasteiger partial charge is 0.0109 e. The van der Waals surface area contributed by atoms with Crippen molar-refractivity contribution in [2.75, 3.05) is 0 Å². The van der Waals surface area contributed by atoms with Crippen LogP contribution in [0.2, 0.25) is 0 Å². The molecule has 0 saturated carbocycles. The summed E-state index contributed by atoms with van der Waals surface area (Å²) in [6, 6.07) is 0. The van der Waals surface area contributed by atoms with Crippen molar-refractivity contribution in [2.45, 2.75) is 0 Å². The Hall–Kier alpha value is 2.67. The lowest BCUT2D eigenvalue weighted by Crippen LogP contribution is -1.18. The molecule has 0 fully saturated rings. The van der Waals surface area contributed by atoms with Crippen molar-refractivity contribution in [1.29, 1.82) is 0 Å². The van der Waals surface area contributed by atoms with Crippen molar-refractivity contribution in [3.8, 4) is 0 Å². The lowest BCUT2D eigenvalue weighted by Gasteiger charge is -2.05. The molecule has 0 N–H and O–H groups in total. The molecular weight excluding hydrogens is 218 g/mol. The van der Waals surface area contributed by atoms with E-state index >= 15 is 0 Å². The van der Waals surface area contributed by atoms with E-state index in [0.717, 1.165) is 7.04 Å². The summed E-state index contributed by atoms with van der Waals surface area (Å²) in [6.07, 6.45) is 0. The Morgan fingerprint density at radius 1 is 1.29 bits per heavy atom. The van der Waals surface area contributed by atoms with E-state index in [4.69, 9.17) is 11.8 Å². The predicted octanol–water partition coefficient (Wildman–Crippen LogP) is 3.56. The van der Waals surface area contributed by atoms with Gasteiger partial charge in [0.05, 0.1) is 0 Å². The van der Waals surface area contributed by atoms with Gasteiger partial charge >= 0.3 is 0 Å². The van der Waals surface area contributed by atoms with Crippen LogP contribution in [0.1, 0.15) is 0 Å². The zero-order chi connectivity index (χ0) is 5.86. The van der Waals surface area contributed by atoms with Gasteiger partial charge in [-0.1, -0.05) is 20.7 Å². The average Bonchev–Trinajstić information content (AvgIpc) is 1.65. The van der Waals surface area contributed by atoms with E-state index < -0.39 is 0 Å². The lowest BCUT2D eigenvalue weighted by molar-refractivity contribution is 4.90. The van der Waals surface area contributed by atoms with E-state index in [1.54, 1.807) is 0 Å². The van der Waals surface area contributed by atoms with E-state index in [-0.39, 0.29) is 14.0 Å². The van der Waals surface area contributed by atoms with Gasteiger partial charge in [-0.3, -0.25) is 0 Å². The fourth-order valence-corrected chi connectivity index (χ4v) is 10.2. The lowest BCUT2D eigenvalue weighted by atomic mass is 29.0. The Labute approximate surface area is 59.8 Å². The molecule has 42 valence electrons. The first-order valence-electron chi connectivity index (χ1n) is 1.36. The van der Waals surface area contributed by atoms with Gasteiger partial charge in [-0.15, -0.1) is 17.9 Å². The predicted molar refractivity (Wildman–Crippen MR) is 57.3 cm³/mol. The Balaban J connectivity index is 3.33. The van der Waals surface area contributed by atoms with Crippen LogP contribution in [0.25, 0.3) is 0 Å². The van der Waals surface area contributed by atoms with Crippen LogP contribution in [-0.2, 0) is 11.8 Å². The summed E-state index contributed by atoms with van der Waals surface area (Å²) in [5, 5.41) is 0. The number of hydrogen-bond acceptors (Lipinski definition) is 1. The standard InChI is InChI=1S/H6P6S/c1-5(2)6(3)4-7/h1-3H2. The van der Waals surface area contributed by atoms with Crippen LogP contribution >= 0.6 is 47.8 Å². The van der Waals surface area contributed by atoms with Crippen LogP contribution in [0.5, 0.6) is 0 Å². The molecule has 0 heterocycles. The molecule has 0 nitrogen and oxygen atoms in total. The van der Waals surface area contributed by atoms with Crippen LogP contribution < -0.4 is 0 Å². The van der Waals surface area contributed by atoms with E-state index in [9.17, 15) is 0 Å². The summed E-state index contributed by atoms with van der Waals surface area (Å²) in [6.45, 7) is 0.140. The van der Waals surface area contributed by atoms with Crippen molar-refractivity contribution < 1.29 is 0 Å². The van der Waals surface area contributed by atoms with Gasteiger partial charge < -0.3 is 0 Å². The molecule has 0 rings (SSSR count). The van der Waals surface area contributed by atoms with Gasteiger partial charge in [0, 0.05) is 14.0 Å². The Bertz CT molecular complexity index is 57.2. The Morgan fingerprint density at radius 3 is 1.71 bits per heavy atom. The third-order valence-corrected chi connectivity index (χ3v) is 25.9. The van der Waals surface area contributed by atoms with Crippen molar-refractivity contribution in [1.82, 2.24) is 0 Å². The molecule has 0 aliphatic rings. The van der Waals surface area contributed by atoms with Crippen LogP contribution in [0.3, 0.4) is 0 Å². The summed E-state index contributed by atoms with van der Waals surface area (Å²) in [5.74, 6) is 0. The molecule has 0 spiro atoms. The van der Waals surface area contributed by atoms with Crippen LogP contribution in [0.4, 0.5) is 0 Å². The van der Waals surface area contributed by atoms with Gasteiger partial charge in [0.25, 0.3) is 0 Å². The maximum Gasteiger partial charge on any atom is 0.0109 e. The minimum atomic E-state index is 0.0571. The summed E-state index contributed by atoms with van der Waals surface area (Å²) in [5.41, 5.74) is 0. The highest BCUT2D eigenvalue weighted by Crippen LogP contribution is 2.88. The van der Waals surface area contributed by atoms with Gasteiger partial charge in [0.15, 0.2) is 0 Å². The summed E-state index contributed by atoms with van der Waals surface area (Å²) >= 11 is 4.82. The summed E-state index contributed by atoms with van der Waals surface area (Å²) in [4.78, 5) is 0. The fourth-order valence-electron chi connectivity index (χ4n) is 0.0422. The van der Waals surface area contributed by atoms with E-state index in [1.807, 2.05) is 0 Å². The molecule has 7 heavy (non-hydrogen) atoms. The quantitative estimate of drug-likeness (QED) is 0.646. The van der Waals surface area contributed by atoms with Gasteiger partial charge in [0.1, 0.15) is 0 Å². The van der Waals surface area contributed by atoms with E-state index in [1.165, 1.54) is 0 Å². The zero-order valence-electron chi connectivity index (χ0n) is 3.48.